The molecule has 1 aliphatic carbocycles. The SMILES string of the molecule is O=C(NCCCOCC1CC1)NCc1ccccc1CN1CCOCC1. The van der Waals surface area contributed by atoms with E-state index in [2.05, 4.69) is 33.7 Å². The molecular weight excluding hydrogens is 330 g/mol. The molecule has 0 unspecified atom stereocenters. The number of rotatable bonds is 10. The Morgan fingerprint density at radius 3 is 2.69 bits per heavy atom. The average Bonchev–Trinajstić information content (AvgIpc) is 3.49. The van der Waals surface area contributed by atoms with Gasteiger partial charge >= 0.3 is 6.03 Å². The molecule has 0 atom stereocenters. The first-order chi connectivity index (χ1) is 12.8. The van der Waals surface area contributed by atoms with Crippen molar-refractivity contribution < 1.29 is 14.3 Å². The minimum absolute atomic E-state index is 0.117. The van der Waals surface area contributed by atoms with Gasteiger partial charge in [-0.3, -0.25) is 4.90 Å². The topological polar surface area (TPSA) is 62.8 Å². The molecule has 2 N–H and O–H groups in total. The first-order valence-corrected chi connectivity index (χ1v) is 9.77. The molecule has 2 amide bonds. The molecule has 6 nitrogen and oxygen atoms in total. The van der Waals surface area contributed by atoms with Crippen molar-refractivity contribution in [3.8, 4) is 0 Å². The van der Waals surface area contributed by atoms with Crippen LogP contribution in [0.15, 0.2) is 24.3 Å². The van der Waals surface area contributed by atoms with Gasteiger partial charge in [-0.25, -0.2) is 4.79 Å². The second-order valence-corrected chi connectivity index (χ2v) is 7.14. The van der Waals surface area contributed by atoms with Crippen LogP contribution in [-0.2, 0) is 22.6 Å². The molecule has 1 heterocycles. The number of urea groups is 1. The summed E-state index contributed by atoms with van der Waals surface area (Å²) in [6.07, 6.45) is 3.48. The van der Waals surface area contributed by atoms with E-state index in [9.17, 15) is 4.79 Å². The molecule has 2 fully saturated rings. The van der Waals surface area contributed by atoms with Gasteiger partial charge in [0.25, 0.3) is 0 Å². The van der Waals surface area contributed by atoms with Crippen molar-refractivity contribution in [2.75, 3.05) is 46.1 Å². The highest BCUT2D eigenvalue weighted by molar-refractivity contribution is 5.73. The summed E-state index contributed by atoms with van der Waals surface area (Å²) in [4.78, 5) is 14.4. The van der Waals surface area contributed by atoms with E-state index in [-0.39, 0.29) is 6.03 Å². The molecular formula is C20H31N3O3. The lowest BCUT2D eigenvalue weighted by molar-refractivity contribution is 0.0341. The molecule has 1 aromatic carbocycles. The van der Waals surface area contributed by atoms with Gasteiger partial charge in [-0.15, -0.1) is 0 Å². The zero-order valence-electron chi connectivity index (χ0n) is 15.5. The molecule has 144 valence electrons. The standard InChI is InChI=1S/C20H31N3O3/c24-20(21-8-3-11-26-16-17-6-7-17)22-14-18-4-1-2-5-19(18)15-23-9-12-25-13-10-23/h1-2,4-5,17H,3,6-16H2,(H2,21,22,24). The van der Waals surface area contributed by atoms with E-state index in [1.54, 1.807) is 0 Å². The van der Waals surface area contributed by atoms with Crippen LogP contribution in [0.4, 0.5) is 4.79 Å². The van der Waals surface area contributed by atoms with E-state index < -0.39 is 0 Å². The minimum Gasteiger partial charge on any atom is -0.381 e. The minimum atomic E-state index is -0.117. The van der Waals surface area contributed by atoms with Crippen molar-refractivity contribution in [2.24, 2.45) is 5.92 Å². The van der Waals surface area contributed by atoms with Crippen LogP contribution in [0.5, 0.6) is 0 Å². The van der Waals surface area contributed by atoms with Gasteiger partial charge < -0.3 is 20.1 Å². The normalized spacial score (nSPS) is 17.8. The predicted octanol–water partition coefficient (Wildman–Crippen LogP) is 2.13. The molecule has 1 aromatic rings. The lowest BCUT2D eigenvalue weighted by Gasteiger charge is -2.27. The van der Waals surface area contributed by atoms with Crippen molar-refractivity contribution in [1.29, 1.82) is 0 Å². The number of nitrogens with one attached hydrogen (secondary N) is 2. The van der Waals surface area contributed by atoms with Crippen LogP contribution in [0.3, 0.4) is 0 Å². The maximum absolute atomic E-state index is 12.0. The van der Waals surface area contributed by atoms with Gasteiger partial charge in [0.05, 0.1) is 13.2 Å². The van der Waals surface area contributed by atoms with Gasteiger partial charge in [0, 0.05) is 45.9 Å². The Bertz CT molecular complexity index is 557. The van der Waals surface area contributed by atoms with Crippen LogP contribution in [0.1, 0.15) is 30.4 Å². The number of hydrogen-bond donors (Lipinski definition) is 2. The van der Waals surface area contributed by atoms with Crippen molar-refractivity contribution in [1.82, 2.24) is 15.5 Å². The highest BCUT2D eigenvalue weighted by Gasteiger charge is 2.20. The number of amides is 2. The van der Waals surface area contributed by atoms with E-state index in [4.69, 9.17) is 9.47 Å². The van der Waals surface area contributed by atoms with Gasteiger partial charge in [-0.2, -0.15) is 0 Å². The van der Waals surface area contributed by atoms with E-state index in [1.807, 2.05) is 6.07 Å². The van der Waals surface area contributed by atoms with Crippen molar-refractivity contribution >= 4 is 6.03 Å². The lowest BCUT2D eigenvalue weighted by atomic mass is 10.1. The summed E-state index contributed by atoms with van der Waals surface area (Å²) in [6.45, 7) is 7.22. The highest BCUT2D eigenvalue weighted by Crippen LogP contribution is 2.28. The number of benzene rings is 1. The number of ether oxygens (including phenoxy) is 2. The third-order valence-electron chi connectivity index (χ3n) is 4.86. The molecule has 0 aromatic heterocycles. The number of morpholine rings is 1. The molecule has 26 heavy (non-hydrogen) atoms. The largest absolute Gasteiger partial charge is 0.381 e. The lowest BCUT2D eigenvalue weighted by Crippen LogP contribution is -2.37. The van der Waals surface area contributed by atoms with Gasteiger partial charge in [-0.1, -0.05) is 24.3 Å². The fourth-order valence-corrected chi connectivity index (χ4v) is 3.03. The number of hydrogen-bond acceptors (Lipinski definition) is 4. The number of carbonyl (C=O) groups is 1. The highest BCUT2D eigenvalue weighted by atomic mass is 16.5. The van der Waals surface area contributed by atoms with Crippen LogP contribution in [0, 0.1) is 5.92 Å². The van der Waals surface area contributed by atoms with Crippen LogP contribution in [0.2, 0.25) is 0 Å². The van der Waals surface area contributed by atoms with Crippen molar-refractivity contribution in [3.05, 3.63) is 35.4 Å². The fraction of sp³-hybridized carbons (Fsp3) is 0.650. The summed E-state index contributed by atoms with van der Waals surface area (Å²) >= 11 is 0. The quantitative estimate of drug-likeness (QED) is 0.627. The molecule has 1 saturated carbocycles. The second-order valence-electron chi connectivity index (χ2n) is 7.14. The van der Waals surface area contributed by atoms with Crippen molar-refractivity contribution in [2.45, 2.75) is 32.4 Å². The number of carbonyl (C=O) groups excluding carboxylic acids is 1. The summed E-state index contributed by atoms with van der Waals surface area (Å²) in [6, 6.07) is 8.19. The van der Waals surface area contributed by atoms with Crippen LogP contribution >= 0.6 is 0 Å². The van der Waals surface area contributed by atoms with Crippen LogP contribution in [0.25, 0.3) is 0 Å². The Morgan fingerprint density at radius 1 is 1.15 bits per heavy atom. The smallest absolute Gasteiger partial charge is 0.315 e. The molecule has 6 heteroatoms. The first kappa shape index (κ1) is 19.1. The van der Waals surface area contributed by atoms with Gasteiger partial charge in [0.2, 0.25) is 0 Å². The Kier molecular flexibility index (Phi) is 7.73. The Labute approximate surface area is 156 Å². The molecule has 3 rings (SSSR count). The molecule has 0 radical (unpaired) electrons. The Hall–Kier alpha value is -1.63. The van der Waals surface area contributed by atoms with Crippen LogP contribution < -0.4 is 10.6 Å². The van der Waals surface area contributed by atoms with E-state index >= 15 is 0 Å². The summed E-state index contributed by atoms with van der Waals surface area (Å²) in [5.74, 6) is 0.795. The zero-order valence-corrected chi connectivity index (χ0v) is 15.5. The summed E-state index contributed by atoms with van der Waals surface area (Å²) in [5.41, 5.74) is 2.44. The zero-order chi connectivity index (χ0) is 18.0. The van der Waals surface area contributed by atoms with Crippen LogP contribution in [-0.4, -0.2) is 57.0 Å². The van der Waals surface area contributed by atoms with Gasteiger partial charge in [0.15, 0.2) is 0 Å². The molecule has 0 bridgehead atoms. The fourth-order valence-electron chi connectivity index (χ4n) is 3.03. The molecule has 0 spiro atoms. The third-order valence-corrected chi connectivity index (χ3v) is 4.86. The van der Waals surface area contributed by atoms with Gasteiger partial charge in [0.1, 0.15) is 0 Å². The maximum atomic E-state index is 12.0. The van der Waals surface area contributed by atoms with E-state index in [0.717, 1.165) is 58.4 Å². The first-order valence-electron chi connectivity index (χ1n) is 9.77. The van der Waals surface area contributed by atoms with Crippen molar-refractivity contribution in [3.63, 3.8) is 0 Å². The number of nitrogens with zero attached hydrogens (tertiary/aromatic N) is 1. The second kappa shape index (κ2) is 10.5. The van der Waals surface area contributed by atoms with E-state index in [0.29, 0.717) is 13.1 Å². The molecule has 1 saturated heterocycles. The Balaban J connectivity index is 1.33. The Morgan fingerprint density at radius 2 is 1.92 bits per heavy atom. The monoisotopic (exact) mass is 361 g/mol. The third kappa shape index (κ3) is 6.94. The molecule has 1 aliphatic heterocycles. The van der Waals surface area contributed by atoms with E-state index in [1.165, 1.54) is 24.0 Å². The van der Waals surface area contributed by atoms with Gasteiger partial charge in [-0.05, 0) is 36.3 Å². The predicted molar refractivity (Wildman–Crippen MR) is 101 cm³/mol. The summed E-state index contributed by atoms with van der Waals surface area (Å²) < 4.78 is 11.0. The molecule has 2 aliphatic rings. The average molecular weight is 361 g/mol. The summed E-state index contributed by atoms with van der Waals surface area (Å²) in [5, 5.41) is 5.86. The maximum Gasteiger partial charge on any atom is 0.315 e. The summed E-state index contributed by atoms with van der Waals surface area (Å²) in [7, 11) is 0.